The van der Waals surface area contributed by atoms with Crippen molar-refractivity contribution in [3.05, 3.63) is 65.8 Å². The molecule has 0 spiro atoms. The maximum atomic E-state index is 14.3. The van der Waals surface area contributed by atoms with E-state index in [0.29, 0.717) is 17.6 Å². The van der Waals surface area contributed by atoms with Crippen LogP contribution < -0.4 is 5.73 Å². The zero-order valence-electron chi connectivity index (χ0n) is 21.7. The van der Waals surface area contributed by atoms with Gasteiger partial charge in [-0.3, -0.25) is 4.79 Å². The summed E-state index contributed by atoms with van der Waals surface area (Å²) in [6.45, 7) is 4.88. The van der Waals surface area contributed by atoms with E-state index in [2.05, 4.69) is 62.4 Å². The van der Waals surface area contributed by atoms with E-state index < -0.39 is 0 Å². The lowest BCUT2D eigenvalue weighted by molar-refractivity contribution is -0.0813. The second-order valence-electron chi connectivity index (χ2n) is 12.9. The van der Waals surface area contributed by atoms with E-state index in [1.807, 2.05) is 6.07 Å². The molecule has 6 rings (SSSR count). The molecule has 35 heavy (non-hydrogen) atoms. The number of Topliss-reactive ketones (excluding diaryl/α,β-unsaturated/α-hetero) is 1. The van der Waals surface area contributed by atoms with E-state index in [4.69, 9.17) is 5.73 Å². The number of benzene rings is 1. The Bertz CT molecular complexity index is 1080. The van der Waals surface area contributed by atoms with Gasteiger partial charge < -0.3 is 5.73 Å². The summed E-state index contributed by atoms with van der Waals surface area (Å²) < 4.78 is 0. The van der Waals surface area contributed by atoms with Gasteiger partial charge in [0, 0.05) is 17.0 Å². The maximum Gasteiger partial charge on any atom is 0.167 e. The summed E-state index contributed by atoms with van der Waals surface area (Å²) in [6, 6.07) is 8.34. The SMILES string of the molecule is C[C@H]1CC[C@H]2C(CC[C@]3(N)C2CC[C@@]2(C)C3CC[C@@H]2C(=O)c2ccccc2C2=CC=CC=CC2)C1. The Hall–Kier alpha value is -1.93. The molecule has 0 amide bonds. The number of carbonyl (C=O) groups excluding carboxylic acids is 1. The van der Waals surface area contributed by atoms with Gasteiger partial charge >= 0.3 is 0 Å². The fourth-order valence-corrected chi connectivity index (χ4v) is 9.63. The van der Waals surface area contributed by atoms with Gasteiger partial charge in [0.1, 0.15) is 0 Å². The molecule has 5 aliphatic rings. The molecule has 0 heterocycles. The number of nitrogens with two attached hydrogens (primary N) is 1. The number of allylic oxidation sites excluding steroid dienone is 6. The monoisotopic (exact) mass is 469 g/mol. The van der Waals surface area contributed by atoms with Gasteiger partial charge in [0.25, 0.3) is 0 Å². The second kappa shape index (κ2) is 8.87. The quantitative estimate of drug-likeness (QED) is 0.460. The molecule has 2 nitrogen and oxygen atoms in total. The van der Waals surface area contributed by atoms with Crippen LogP contribution in [0.5, 0.6) is 0 Å². The van der Waals surface area contributed by atoms with Crippen molar-refractivity contribution in [3.63, 3.8) is 0 Å². The molecule has 2 N–H and O–H groups in total. The molecule has 0 bridgehead atoms. The zero-order chi connectivity index (χ0) is 24.2. The van der Waals surface area contributed by atoms with Gasteiger partial charge in [-0.15, -0.1) is 0 Å². The summed E-state index contributed by atoms with van der Waals surface area (Å²) in [5.41, 5.74) is 10.8. The summed E-state index contributed by atoms with van der Waals surface area (Å²) in [7, 11) is 0. The van der Waals surface area contributed by atoms with Crippen molar-refractivity contribution in [2.75, 3.05) is 0 Å². The van der Waals surface area contributed by atoms with Gasteiger partial charge in [-0.05, 0) is 104 Å². The standard InChI is InChI=1S/C33H43NO/c1-22-13-14-26-24(21-22)17-20-33(34)28(26)18-19-32(2)29(15-16-30(32)33)31(35)27-12-8-7-11-25(27)23-9-5-3-4-6-10-23/h3-9,11-12,22,24,26,28-30H,10,13-21,34H2,1-2H3/t22-,24?,26-,28?,29+,30?,32+,33-/m0/s1. The number of fused-ring (bicyclic) bond motifs is 5. The van der Waals surface area contributed by atoms with Crippen molar-refractivity contribution >= 4 is 11.4 Å². The molecule has 186 valence electrons. The third kappa shape index (κ3) is 3.74. The lowest BCUT2D eigenvalue weighted by atomic mass is 9.46. The number of hydrogen-bond donors (Lipinski definition) is 1. The molecular formula is C33H43NO. The van der Waals surface area contributed by atoms with Crippen molar-refractivity contribution in [2.24, 2.45) is 46.7 Å². The Labute approximate surface area is 212 Å². The number of rotatable bonds is 3. The van der Waals surface area contributed by atoms with E-state index in [9.17, 15) is 4.79 Å². The number of carbonyl (C=O) groups is 1. The van der Waals surface area contributed by atoms with Gasteiger partial charge in [0.05, 0.1) is 0 Å². The van der Waals surface area contributed by atoms with Crippen LogP contribution in [-0.2, 0) is 0 Å². The van der Waals surface area contributed by atoms with Crippen molar-refractivity contribution in [1.29, 1.82) is 0 Å². The predicted molar refractivity (Wildman–Crippen MR) is 145 cm³/mol. The first-order valence-electron chi connectivity index (χ1n) is 14.4. The normalized spacial score (nSPS) is 42.4. The van der Waals surface area contributed by atoms with Crippen LogP contribution in [0.15, 0.2) is 54.6 Å². The summed E-state index contributed by atoms with van der Waals surface area (Å²) in [5, 5.41) is 0. The zero-order valence-corrected chi connectivity index (χ0v) is 21.7. The van der Waals surface area contributed by atoms with Gasteiger partial charge in [0.2, 0.25) is 0 Å². The highest BCUT2D eigenvalue weighted by atomic mass is 16.1. The van der Waals surface area contributed by atoms with Crippen molar-refractivity contribution in [2.45, 2.75) is 83.6 Å². The summed E-state index contributed by atoms with van der Waals surface area (Å²) in [5.74, 6) is 4.22. The molecular weight excluding hydrogens is 426 g/mol. The third-order valence-corrected chi connectivity index (χ3v) is 11.3. The maximum absolute atomic E-state index is 14.3. The highest BCUT2D eigenvalue weighted by Gasteiger charge is 2.63. The number of ketones is 1. The molecule has 1 aromatic carbocycles. The molecule has 0 radical (unpaired) electrons. The van der Waals surface area contributed by atoms with Crippen LogP contribution in [0, 0.1) is 40.9 Å². The second-order valence-corrected chi connectivity index (χ2v) is 12.9. The van der Waals surface area contributed by atoms with E-state index in [1.54, 1.807) is 0 Å². The molecule has 3 unspecified atom stereocenters. The first-order chi connectivity index (χ1) is 16.9. The molecule has 5 aliphatic carbocycles. The predicted octanol–water partition coefficient (Wildman–Crippen LogP) is 7.76. The van der Waals surface area contributed by atoms with Crippen LogP contribution in [0.3, 0.4) is 0 Å². The molecule has 1 aromatic rings. The Kier molecular flexibility index (Phi) is 5.95. The Balaban J connectivity index is 1.29. The highest BCUT2D eigenvalue weighted by Crippen LogP contribution is 2.65. The lowest BCUT2D eigenvalue weighted by Gasteiger charge is -2.61. The molecule has 0 saturated heterocycles. The summed E-state index contributed by atoms with van der Waals surface area (Å²) in [4.78, 5) is 14.3. The van der Waals surface area contributed by atoms with Gasteiger partial charge in [-0.25, -0.2) is 0 Å². The van der Waals surface area contributed by atoms with Gasteiger partial charge in [0.15, 0.2) is 5.78 Å². The van der Waals surface area contributed by atoms with Gasteiger partial charge in [-0.2, -0.15) is 0 Å². The Morgan fingerprint density at radius 1 is 0.971 bits per heavy atom. The summed E-state index contributed by atoms with van der Waals surface area (Å²) >= 11 is 0. The minimum atomic E-state index is -0.0668. The van der Waals surface area contributed by atoms with Crippen LogP contribution in [0.4, 0.5) is 0 Å². The molecule has 0 aliphatic heterocycles. The van der Waals surface area contributed by atoms with Crippen LogP contribution in [0.25, 0.3) is 5.57 Å². The smallest absolute Gasteiger partial charge is 0.167 e. The molecule has 4 fully saturated rings. The van der Waals surface area contributed by atoms with Crippen LogP contribution in [0.2, 0.25) is 0 Å². The molecule has 0 aromatic heterocycles. The molecule has 8 atom stereocenters. The van der Waals surface area contributed by atoms with Crippen LogP contribution >= 0.6 is 0 Å². The highest BCUT2D eigenvalue weighted by molar-refractivity contribution is 6.03. The van der Waals surface area contributed by atoms with Crippen LogP contribution in [-0.4, -0.2) is 11.3 Å². The topological polar surface area (TPSA) is 43.1 Å². The first-order valence-corrected chi connectivity index (χ1v) is 14.4. The fraction of sp³-hybridized carbons (Fsp3) is 0.606. The van der Waals surface area contributed by atoms with Crippen LogP contribution in [0.1, 0.15) is 94.0 Å². The lowest BCUT2D eigenvalue weighted by Crippen LogP contribution is -2.65. The van der Waals surface area contributed by atoms with E-state index in [0.717, 1.165) is 48.1 Å². The van der Waals surface area contributed by atoms with Crippen molar-refractivity contribution in [1.82, 2.24) is 0 Å². The van der Waals surface area contributed by atoms with E-state index >= 15 is 0 Å². The Morgan fingerprint density at radius 3 is 2.71 bits per heavy atom. The average molecular weight is 470 g/mol. The van der Waals surface area contributed by atoms with Gasteiger partial charge in [-0.1, -0.05) is 74.9 Å². The Morgan fingerprint density at radius 2 is 1.83 bits per heavy atom. The third-order valence-electron chi connectivity index (χ3n) is 11.3. The fourth-order valence-electron chi connectivity index (χ4n) is 9.63. The first kappa shape index (κ1) is 23.5. The van der Waals surface area contributed by atoms with E-state index in [-0.39, 0.29) is 16.9 Å². The molecule has 2 heteroatoms. The largest absolute Gasteiger partial charge is 0.325 e. The number of hydrogen-bond acceptors (Lipinski definition) is 2. The van der Waals surface area contributed by atoms with Crippen molar-refractivity contribution < 1.29 is 4.79 Å². The summed E-state index contributed by atoms with van der Waals surface area (Å²) in [6.07, 6.45) is 22.7. The van der Waals surface area contributed by atoms with E-state index in [1.165, 1.54) is 50.5 Å². The minimum absolute atomic E-state index is 0.0296. The minimum Gasteiger partial charge on any atom is -0.325 e. The average Bonchev–Trinajstić information content (AvgIpc) is 3.03. The molecule has 4 saturated carbocycles. The van der Waals surface area contributed by atoms with Crippen molar-refractivity contribution in [3.8, 4) is 0 Å².